The van der Waals surface area contributed by atoms with Crippen molar-refractivity contribution in [1.82, 2.24) is 0 Å². The van der Waals surface area contributed by atoms with E-state index in [-0.39, 0.29) is 11.8 Å². The van der Waals surface area contributed by atoms with Crippen LogP contribution in [-0.4, -0.2) is 23.1 Å². The third-order valence-corrected chi connectivity index (χ3v) is 6.75. The molecule has 0 rings (SSSR count). The predicted octanol–water partition coefficient (Wildman–Crippen LogP) is 8.24. The lowest BCUT2D eigenvalue weighted by Crippen LogP contribution is -2.09. The van der Waals surface area contributed by atoms with Gasteiger partial charge in [0.05, 0.1) is 11.5 Å². The van der Waals surface area contributed by atoms with Crippen LogP contribution in [0.2, 0.25) is 0 Å². The summed E-state index contributed by atoms with van der Waals surface area (Å²) in [5, 5.41) is 0.378. The number of unbranched alkanes of at least 4 members (excludes halogenated alkanes) is 10. The molecule has 1 unspecified atom stereocenters. The van der Waals surface area contributed by atoms with Gasteiger partial charge in [0.2, 0.25) is 5.91 Å². The van der Waals surface area contributed by atoms with Gasteiger partial charge in [0.15, 0.2) is 0 Å². The Kier molecular flexibility index (Phi) is 21.4. The second kappa shape index (κ2) is 21.9. The van der Waals surface area contributed by atoms with Crippen molar-refractivity contribution in [1.29, 1.82) is 0 Å². The van der Waals surface area contributed by atoms with Gasteiger partial charge >= 0.3 is 0 Å². The van der Waals surface area contributed by atoms with Crippen LogP contribution in [0.15, 0.2) is 4.99 Å². The van der Waals surface area contributed by atoms with E-state index in [2.05, 4.69) is 30.7 Å². The maximum Gasteiger partial charge on any atom is 0.249 e. The van der Waals surface area contributed by atoms with Gasteiger partial charge in [0.1, 0.15) is 0 Å². The standard InChI is InChI=1S/C26H47NOS/c1-5-9-11-12-13-14-15-16-17-18-23-29-25(20-10-6-2)21-19-22-27-26(28)24(7-3)8-4/h22,24-25H,5-18,20,23H2,1-4H3. The molecule has 0 aliphatic rings. The highest BCUT2D eigenvalue weighted by Gasteiger charge is 2.11. The van der Waals surface area contributed by atoms with E-state index in [1.54, 1.807) is 0 Å². The molecule has 0 radical (unpaired) electrons. The number of nitrogens with zero attached hydrogens (tertiary/aromatic N) is 1. The van der Waals surface area contributed by atoms with Crippen LogP contribution < -0.4 is 0 Å². The number of aliphatic imine (C=N–C) groups is 1. The Morgan fingerprint density at radius 1 is 0.828 bits per heavy atom. The summed E-state index contributed by atoms with van der Waals surface area (Å²) >= 11 is 1.99. The van der Waals surface area contributed by atoms with E-state index in [4.69, 9.17) is 0 Å². The lowest BCUT2D eigenvalue weighted by molar-refractivity contribution is -0.121. The molecule has 0 fully saturated rings. The quantitative estimate of drug-likeness (QED) is 0.127. The van der Waals surface area contributed by atoms with Crippen LogP contribution in [-0.2, 0) is 4.79 Å². The van der Waals surface area contributed by atoms with Gasteiger partial charge in [0, 0.05) is 5.92 Å². The molecule has 0 bridgehead atoms. The largest absolute Gasteiger partial charge is 0.272 e. The van der Waals surface area contributed by atoms with Gasteiger partial charge in [-0.05, 0) is 31.4 Å². The van der Waals surface area contributed by atoms with E-state index >= 15 is 0 Å². The van der Waals surface area contributed by atoms with Gasteiger partial charge in [-0.3, -0.25) is 4.79 Å². The summed E-state index contributed by atoms with van der Waals surface area (Å²) in [7, 11) is 0. The van der Waals surface area contributed by atoms with E-state index in [0.29, 0.717) is 5.25 Å². The van der Waals surface area contributed by atoms with Gasteiger partial charge in [0.25, 0.3) is 0 Å². The second-order valence-corrected chi connectivity index (χ2v) is 9.39. The molecule has 0 aliphatic heterocycles. The van der Waals surface area contributed by atoms with E-state index in [1.807, 2.05) is 25.6 Å². The average Bonchev–Trinajstić information content (AvgIpc) is 2.73. The van der Waals surface area contributed by atoms with E-state index in [1.165, 1.54) is 89.0 Å². The maximum absolute atomic E-state index is 11.9. The van der Waals surface area contributed by atoms with Gasteiger partial charge in [-0.25, -0.2) is 4.99 Å². The Hall–Kier alpha value is -0.750. The van der Waals surface area contributed by atoms with Crippen LogP contribution in [0.3, 0.4) is 0 Å². The Bertz CT molecular complexity index is 459. The molecule has 3 heteroatoms. The molecule has 1 atom stereocenters. The minimum Gasteiger partial charge on any atom is -0.272 e. The highest BCUT2D eigenvalue weighted by Crippen LogP contribution is 2.19. The number of hydrogen-bond acceptors (Lipinski definition) is 2. The van der Waals surface area contributed by atoms with Gasteiger partial charge in [-0.1, -0.05) is 110 Å². The summed E-state index contributed by atoms with van der Waals surface area (Å²) in [4.78, 5) is 16.0. The summed E-state index contributed by atoms with van der Waals surface area (Å²) in [6, 6.07) is 0. The molecule has 0 aromatic heterocycles. The van der Waals surface area contributed by atoms with Crippen molar-refractivity contribution in [2.45, 2.75) is 129 Å². The Balaban J connectivity index is 4.02. The van der Waals surface area contributed by atoms with Crippen LogP contribution in [0, 0.1) is 17.8 Å². The fourth-order valence-electron chi connectivity index (χ4n) is 3.37. The first-order valence-electron chi connectivity index (χ1n) is 12.4. The molecule has 0 heterocycles. The van der Waals surface area contributed by atoms with Gasteiger partial charge in [-0.15, -0.1) is 11.8 Å². The zero-order chi connectivity index (χ0) is 21.6. The average molecular weight is 422 g/mol. The van der Waals surface area contributed by atoms with Crippen LogP contribution in [0.5, 0.6) is 0 Å². The summed E-state index contributed by atoms with van der Waals surface area (Å²) in [5.41, 5.74) is 0. The Labute approximate surface area is 186 Å². The molecule has 0 aliphatic carbocycles. The lowest BCUT2D eigenvalue weighted by Gasteiger charge is -2.09. The molecule has 0 N–H and O–H groups in total. The first-order valence-corrected chi connectivity index (χ1v) is 13.4. The number of thioether (sulfide) groups is 1. The molecule has 1 amide bonds. The minimum absolute atomic E-state index is 0.0209. The third kappa shape index (κ3) is 17.8. The Morgan fingerprint density at radius 3 is 1.93 bits per heavy atom. The number of carbonyl (C=O) groups excluding carboxylic acids is 1. The lowest BCUT2D eigenvalue weighted by atomic mass is 10.0. The summed E-state index contributed by atoms with van der Waals surface area (Å²) in [6.07, 6.45) is 20.6. The zero-order valence-corrected chi connectivity index (χ0v) is 20.6. The molecule has 29 heavy (non-hydrogen) atoms. The number of hydrogen-bond donors (Lipinski definition) is 0. The van der Waals surface area contributed by atoms with Crippen molar-refractivity contribution in [3.63, 3.8) is 0 Å². The first kappa shape index (κ1) is 28.2. The number of amides is 1. The fraction of sp³-hybridized carbons (Fsp3) is 0.846. The molecule has 0 spiro atoms. The molecule has 0 saturated heterocycles. The molecule has 168 valence electrons. The van der Waals surface area contributed by atoms with Crippen molar-refractivity contribution < 1.29 is 4.79 Å². The smallest absolute Gasteiger partial charge is 0.249 e. The molecule has 0 saturated carbocycles. The first-order chi connectivity index (χ1) is 14.2. The maximum atomic E-state index is 11.9. The van der Waals surface area contributed by atoms with E-state index in [0.717, 1.165) is 19.3 Å². The van der Waals surface area contributed by atoms with Crippen molar-refractivity contribution in [3.8, 4) is 11.8 Å². The fourth-order valence-corrected chi connectivity index (χ4v) is 4.51. The summed E-state index contributed by atoms with van der Waals surface area (Å²) in [5.74, 6) is 7.59. The normalized spacial score (nSPS) is 12.3. The molecular weight excluding hydrogens is 374 g/mol. The monoisotopic (exact) mass is 421 g/mol. The van der Waals surface area contributed by atoms with Crippen molar-refractivity contribution in [3.05, 3.63) is 0 Å². The van der Waals surface area contributed by atoms with Gasteiger partial charge in [-0.2, -0.15) is 0 Å². The molecule has 0 aromatic carbocycles. The Morgan fingerprint density at radius 2 is 1.38 bits per heavy atom. The van der Waals surface area contributed by atoms with Crippen LogP contribution in [0.25, 0.3) is 0 Å². The third-order valence-electron chi connectivity index (χ3n) is 5.47. The van der Waals surface area contributed by atoms with Crippen molar-refractivity contribution >= 4 is 23.9 Å². The van der Waals surface area contributed by atoms with E-state index < -0.39 is 0 Å². The van der Waals surface area contributed by atoms with Crippen LogP contribution in [0.1, 0.15) is 124 Å². The molecule has 0 aromatic rings. The zero-order valence-electron chi connectivity index (χ0n) is 19.8. The highest BCUT2D eigenvalue weighted by molar-refractivity contribution is 8.00. The topological polar surface area (TPSA) is 29.4 Å². The number of rotatable bonds is 18. The predicted molar refractivity (Wildman–Crippen MR) is 133 cm³/mol. The van der Waals surface area contributed by atoms with Crippen molar-refractivity contribution in [2.24, 2.45) is 10.9 Å². The second-order valence-electron chi connectivity index (χ2n) is 8.08. The summed E-state index contributed by atoms with van der Waals surface area (Å²) < 4.78 is 0. The van der Waals surface area contributed by atoms with Crippen molar-refractivity contribution in [2.75, 3.05) is 5.75 Å². The SMILES string of the molecule is CCCCCCCCCCCCSC(C#CC=NC(=O)C(CC)CC)CCCC. The molecule has 2 nitrogen and oxygen atoms in total. The minimum atomic E-state index is -0.0209. The van der Waals surface area contributed by atoms with Crippen LogP contribution >= 0.6 is 11.8 Å². The van der Waals surface area contributed by atoms with E-state index in [9.17, 15) is 4.79 Å². The molecular formula is C26H47NOS. The number of carbonyl (C=O) groups is 1. The van der Waals surface area contributed by atoms with Crippen LogP contribution in [0.4, 0.5) is 0 Å². The summed E-state index contributed by atoms with van der Waals surface area (Å²) in [6.45, 7) is 8.59. The highest BCUT2D eigenvalue weighted by atomic mass is 32.2. The van der Waals surface area contributed by atoms with Gasteiger partial charge < -0.3 is 0 Å².